The number of hydrogen-bond acceptors (Lipinski definition) is 7. The second-order valence-corrected chi connectivity index (χ2v) is 11.0. The predicted molar refractivity (Wildman–Crippen MR) is 118 cm³/mol. The number of rotatable bonds is 7. The summed E-state index contributed by atoms with van der Waals surface area (Å²) in [5, 5.41) is 15.4. The van der Waals surface area contributed by atoms with Crippen molar-refractivity contribution in [1.29, 1.82) is 0 Å². The van der Waals surface area contributed by atoms with Crippen molar-refractivity contribution in [2.24, 2.45) is 5.18 Å². The van der Waals surface area contributed by atoms with Gasteiger partial charge in [0.1, 0.15) is 6.04 Å². The van der Waals surface area contributed by atoms with Gasteiger partial charge in [0.05, 0.1) is 11.0 Å². The van der Waals surface area contributed by atoms with Gasteiger partial charge in [-0.2, -0.15) is 9.21 Å². The summed E-state index contributed by atoms with van der Waals surface area (Å²) in [6, 6.07) is 7.25. The zero-order valence-electron chi connectivity index (χ0n) is 17.0. The van der Waals surface area contributed by atoms with Gasteiger partial charge in [0.2, 0.25) is 10.0 Å². The van der Waals surface area contributed by atoms with Crippen LogP contribution in [0.2, 0.25) is 0 Å². The zero-order chi connectivity index (χ0) is 21.3. The molecule has 0 spiro atoms. The van der Waals surface area contributed by atoms with Gasteiger partial charge in [0.15, 0.2) is 0 Å². The van der Waals surface area contributed by atoms with Crippen LogP contribution in [-0.2, 0) is 16.4 Å². The molecule has 7 nitrogen and oxygen atoms in total. The van der Waals surface area contributed by atoms with E-state index in [1.807, 2.05) is 24.3 Å². The number of nitroso groups, excluding NO2 is 1. The largest absolute Gasteiger partial charge is 0.387 e. The molecule has 1 aliphatic carbocycles. The smallest absolute Gasteiger partial charge is 0.244 e. The quantitative estimate of drug-likeness (QED) is 0.649. The highest BCUT2D eigenvalue weighted by atomic mass is 32.2. The van der Waals surface area contributed by atoms with Gasteiger partial charge in [-0.05, 0) is 55.4 Å². The van der Waals surface area contributed by atoms with Gasteiger partial charge in [-0.15, -0.1) is 11.3 Å². The third-order valence-electron chi connectivity index (χ3n) is 6.09. The van der Waals surface area contributed by atoms with Gasteiger partial charge in [0.25, 0.3) is 0 Å². The highest BCUT2D eigenvalue weighted by Crippen LogP contribution is 2.41. The summed E-state index contributed by atoms with van der Waals surface area (Å²) in [5.74, 6) is 0. The van der Waals surface area contributed by atoms with E-state index in [2.05, 4.69) is 10.1 Å². The average molecular weight is 450 g/mol. The Bertz CT molecular complexity index is 998. The van der Waals surface area contributed by atoms with Gasteiger partial charge < -0.3 is 10.0 Å². The molecule has 1 aromatic carbocycles. The van der Waals surface area contributed by atoms with Crippen LogP contribution >= 0.6 is 11.3 Å². The standard InChI is InChI=1S/C21H27N3O4S2/c1-23(13-19(25)15-7-9-16(10-8-15)24-11-2-3-12-24)30(27,28)20-14-29-21-17(20)5-4-6-18(21)22-26/h7-10,14,18-19,25H,2-6,11-13H2,1H3. The Labute approximate surface area is 181 Å². The molecule has 9 heteroatoms. The number of aliphatic hydroxyl groups excluding tert-OH is 1. The highest BCUT2D eigenvalue weighted by molar-refractivity contribution is 7.89. The summed E-state index contributed by atoms with van der Waals surface area (Å²) < 4.78 is 27.5. The molecule has 30 heavy (non-hydrogen) atoms. The van der Waals surface area contributed by atoms with E-state index in [0.29, 0.717) is 24.0 Å². The van der Waals surface area contributed by atoms with Crippen LogP contribution in [0.25, 0.3) is 0 Å². The summed E-state index contributed by atoms with van der Waals surface area (Å²) >= 11 is 1.29. The minimum Gasteiger partial charge on any atom is -0.387 e. The monoisotopic (exact) mass is 449 g/mol. The molecular formula is C21H27N3O4S2. The summed E-state index contributed by atoms with van der Waals surface area (Å²) in [5.41, 5.74) is 2.54. The SMILES string of the molecule is CN(CC(O)c1ccc(N2CCCC2)cc1)S(=O)(=O)c1csc2c1CCCC2N=O. The van der Waals surface area contributed by atoms with E-state index in [1.54, 1.807) is 5.38 Å². The third-order valence-corrected chi connectivity index (χ3v) is 9.25. The van der Waals surface area contributed by atoms with Crippen LogP contribution in [0.3, 0.4) is 0 Å². The van der Waals surface area contributed by atoms with Crippen molar-refractivity contribution in [3.05, 3.63) is 50.6 Å². The Hall–Kier alpha value is -1.81. The molecule has 2 heterocycles. The minimum absolute atomic E-state index is 0.0363. The molecule has 2 atom stereocenters. The van der Waals surface area contributed by atoms with E-state index >= 15 is 0 Å². The number of hydrogen-bond donors (Lipinski definition) is 1. The van der Waals surface area contributed by atoms with Gasteiger partial charge in [-0.3, -0.25) is 0 Å². The summed E-state index contributed by atoms with van der Waals surface area (Å²) in [7, 11) is -2.28. The Kier molecular flexibility index (Phi) is 6.24. The molecule has 0 bridgehead atoms. The number of aliphatic hydroxyl groups is 1. The Balaban J connectivity index is 1.48. The first-order valence-electron chi connectivity index (χ1n) is 10.3. The fourth-order valence-electron chi connectivity index (χ4n) is 4.32. The van der Waals surface area contributed by atoms with Gasteiger partial charge >= 0.3 is 0 Å². The van der Waals surface area contributed by atoms with Crippen LogP contribution in [-0.4, -0.2) is 44.5 Å². The van der Waals surface area contributed by atoms with Crippen molar-refractivity contribution in [2.75, 3.05) is 31.6 Å². The molecule has 0 amide bonds. The molecule has 0 saturated carbocycles. The van der Waals surface area contributed by atoms with Crippen molar-refractivity contribution in [1.82, 2.24) is 4.31 Å². The van der Waals surface area contributed by atoms with Crippen LogP contribution in [0.4, 0.5) is 5.69 Å². The molecule has 4 rings (SSSR count). The first-order valence-corrected chi connectivity index (χ1v) is 12.7. The highest BCUT2D eigenvalue weighted by Gasteiger charge is 2.33. The van der Waals surface area contributed by atoms with Crippen molar-refractivity contribution < 1.29 is 13.5 Å². The van der Waals surface area contributed by atoms with Crippen LogP contribution < -0.4 is 4.90 Å². The van der Waals surface area contributed by atoms with E-state index in [9.17, 15) is 18.4 Å². The third kappa shape index (κ3) is 4.03. The topological polar surface area (TPSA) is 90.3 Å². The van der Waals surface area contributed by atoms with E-state index in [1.165, 1.54) is 35.5 Å². The summed E-state index contributed by atoms with van der Waals surface area (Å²) in [6.07, 6.45) is 3.52. The average Bonchev–Trinajstić information content (AvgIpc) is 3.43. The van der Waals surface area contributed by atoms with Crippen molar-refractivity contribution >= 4 is 27.0 Å². The number of likely N-dealkylation sites (N-methyl/N-ethyl adjacent to an activating group) is 1. The molecule has 1 N–H and O–H groups in total. The lowest BCUT2D eigenvalue weighted by atomic mass is 9.96. The fraction of sp³-hybridized carbons (Fsp3) is 0.524. The Morgan fingerprint density at radius 3 is 2.60 bits per heavy atom. The molecule has 2 unspecified atom stereocenters. The second kappa shape index (κ2) is 8.74. The van der Waals surface area contributed by atoms with E-state index < -0.39 is 22.2 Å². The van der Waals surface area contributed by atoms with Gasteiger partial charge in [0, 0.05) is 42.6 Å². The fourth-order valence-corrected chi connectivity index (χ4v) is 7.27. The molecule has 1 aromatic heterocycles. The molecule has 1 saturated heterocycles. The number of anilines is 1. The van der Waals surface area contributed by atoms with Crippen LogP contribution in [0.15, 0.2) is 39.7 Å². The number of benzene rings is 1. The lowest BCUT2D eigenvalue weighted by molar-refractivity contribution is 0.155. The molecule has 2 aliphatic rings. The maximum absolute atomic E-state index is 13.2. The zero-order valence-corrected chi connectivity index (χ0v) is 18.7. The van der Waals surface area contributed by atoms with E-state index in [4.69, 9.17) is 0 Å². The summed E-state index contributed by atoms with van der Waals surface area (Å²) in [4.78, 5) is 14.4. The van der Waals surface area contributed by atoms with Crippen LogP contribution in [0, 0.1) is 4.91 Å². The lowest BCUT2D eigenvalue weighted by Crippen LogP contribution is -2.31. The molecule has 2 aromatic rings. The normalized spacial score (nSPS) is 20.4. The van der Waals surface area contributed by atoms with E-state index in [-0.39, 0.29) is 11.4 Å². The molecular weight excluding hydrogens is 422 g/mol. The maximum Gasteiger partial charge on any atom is 0.244 e. The van der Waals surface area contributed by atoms with Crippen molar-refractivity contribution in [3.63, 3.8) is 0 Å². The number of fused-ring (bicyclic) bond motifs is 1. The molecule has 162 valence electrons. The Morgan fingerprint density at radius 2 is 1.93 bits per heavy atom. The first kappa shape index (κ1) is 21.4. The lowest BCUT2D eigenvalue weighted by Gasteiger charge is -2.23. The van der Waals surface area contributed by atoms with Crippen molar-refractivity contribution in [2.45, 2.75) is 49.1 Å². The first-order chi connectivity index (χ1) is 14.4. The van der Waals surface area contributed by atoms with Crippen LogP contribution in [0.1, 0.15) is 53.8 Å². The van der Waals surface area contributed by atoms with Gasteiger partial charge in [-0.1, -0.05) is 17.3 Å². The number of thiophene rings is 1. The molecule has 1 fully saturated rings. The van der Waals surface area contributed by atoms with Gasteiger partial charge in [-0.25, -0.2) is 8.42 Å². The van der Waals surface area contributed by atoms with E-state index in [0.717, 1.165) is 30.1 Å². The minimum atomic E-state index is -3.76. The summed E-state index contributed by atoms with van der Waals surface area (Å²) in [6.45, 7) is 2.06. The second-order valence-electron chi connectivity index (χ2n) is 8.04. The molecule has 1 aliphatic heterocycles. The molecule has 0 radical (unpaired) electrons. The van der Waals surface area contributed by atoms with Crippen molar-refractivity contribution in [3.8, 4) is 0 Å². The predicted octanol–water partition coefficient (Wildman–Crippen LogP) is 3.85. The maximum atomic E-state index is 13.2. The number of sulfonamides is 1. The number of nitrogens with zero attached hydrogens (tertiary/aromatic N) is 3. The van der Waals surface area contributed by atoms with Crippen LogP contribution in [0.5, 0.6) is 0 Å². The Morgan fingerprint density at radius 1 is 1.23 bits per heavy atom.